The number of hydrogen-bond acceptors (Lipinski definition) is 4. The molecule has 6 heteroatoms. The summed E-state index contributed by atoms with van der Waals surface area (Å²) in [7, 11) is 0. The summed E-state index contributed by atoms with van der Waals surface area (Å²) in [5.41, 5.74) is 21.4. The van der Waals surface area contributed by atoms with E-state index in [2.05, 4.69) is 257 Å². The molecule has 94 heavy (non-hydrogen) atoms. The van der Waals surface area contributed by atoms with Crippen molar-refractivity contribution in [3.8, 4) is 56.6 Å². The van der Waals surface area contributed by atoms with E-state index in [-0.39, 0.29) is 67.3 Å². The molecule has 0 spiro atoms. The number of benzene rings is 8. The van der Waals surface area contributed by atoms with Gasteiger partial charge in [-0.2, -0.15) is 0 Å². The predicted octanol–water partition coefficient (Wildman–Crippen LogP) is 23.5. The molecule has 2 aliphatic rings. The van der Waals surface area contributed by atoms with Crippen molar-refractivity contribution in [2.24, 2.45) is 22.7 Å². The van der Waals surface area contributed by atoms with Crippen LogP contribution in [0.5, 0.6) is 23.0 Å². The van der Waals surface area contributed by atoms with E-state index in [0.29, 0.717) is 40.8 Å². The van der Waals surface area contributed by atoms with Crippen LogP contribution in [0.1, 0.15) is 230 Å². The summed E-state index contributed by atoms with van der Waals surface area (Å²) in [5, 5.41) is 57.4. The quantitative estimate of drug-likeness (QED) is 0.0823. The molecule has 8 aromatic carbocycles. The van der Waals surface area contributed by atoms with Crippen LogP contribution in [0.15, 0.2) is 109 Å². The van der Waals surface area contributed by atoms with Crippen LogP contribution in [0, 0.1) is 36.5 Å². The Bertz CT molecular complexity index is 4500. The molecule has 494 valence electrons. The maximum Gasteiger partial charge on any atom is 0.147 e. The second-order valence-corrected chi connectivity index (χ2v) is 35.0. The first kappa shape index (κ1) is 66.6. The van der Waals surface area contributed by atoms with E-state index in [1.54, 1.807) is 0 Å². The van der Waals surface area contributed by atoms with Gasteiger partial charge in [0.25, 0.3) is 0 Å². The number of aromatic hydroxyl groups is 4. The number of phenolic OH excluding ortho intramolecular Hbond substituents is 4. The molecule has 0 aliphatic heterocycles. The molecule has 0 saturated carbocycles. The first-order chi connectivity index (χ1) is 44.0. The SMILES string of the molecule is CCCCc1ccc2c3ccc(CCCC)cc3n(-c3cc(C(C)(C)CC(C)(C)C)cc(-c4cc(C)c5c(c4O)CC(C4Cc6c(C)cc(-c7cc(C(C)(C)CC(C)(C)C)cc(-n8c9cc(C(C)(C)C)ccc9c9ccc(C(C)(C)C)cc98)c7O)c(O)c6C4)C5)c3O)c2c1. The zero-order valence-electron chi connectivity index (χ0n) is 60.7. The van der Waals surface area contributed by atoms with E-state index in [1.807, 2.05) is 0 Å². The second kappa shape index (κ2) is 23.7. The van der Waals surface area contributed by atoms with E-state index in [0.717, 1.165) is 136 Å². The van der Waals surface area contributed by atoms with E-state index < -0.39 is 0 Å². The summed E-state index contributed by atoms with van der Waals surface area (Å²) >= 11 is 0. The summed E-state index contributed by atoms with van der Waals surface area (Å²) in [4.78, 5) is 0. The average molecular weight is 1260 g/mol. The third-order valence-electron chi connectivity index (χ3n) is 21.8. The fourth-order valence-electron chi connectivity index (χ4n) is 17.4. The number of aromatic nitrogens is 2. The zero-order chi connectivity index (χ0) is 67.8. The smallest absolute Gasteiger partial charge is 0.147 e. The van der Waals surface area contributed by atoms with Crippen molar-refractivity contribution < 1.29 is 20.4 Å². The van der Waals surface area contributed by atoms with Crippen molar-refractivity contribution in [1.29, 1.82) is 0 Å². The van der Waals surface area contributed by atoms with Crippen LogP contribution in [0.25, 0.3) is 77.2 Å². The molecule has 2 atom stereocenters. The van der Waals surface area contributed by atoms with Crippen molar-refractivity contribution in [1.82, 2.24) is 9.13 Å². The van der Waals surface area contributed by atoms with Gasteiger partial charge >= 0.3 is 0 Å². The van der Waals surface area contributed by atoms with Crippen molar-refractivity contribution in [2.75, 3.05) is 0 Å². The van der Waals surface area contributed by atoms with Gasteiger partial charge in [-0.3, -0.25) is 0 Å². The molecule has 6 nitrogen and oxygen atoms in total. The van der Waals surface area contributed by atoms with Crippen LogP contribution in [0.3, 0.4) is 0 Å². The number of nitrogens with zero attached hydrogens (tertiary/aromatic N) is 2. The summed E-state index contributed by atoms with van der Waals surface area (Å²) in [6.07, 6.45) is 11.3. The summed E-state index contributed by atoms with van der Waals surface area (Å²) in [6.45, 7) is 45.6. The van der Waals surface area contributed by atoms with Crippen molar-refractivity contribution in [3.63, 3.8) is 0 Å². The number of fused-ring (bicyclic) bond motifs is 8. The van der Waals surface area contributed by atoms with Gasteiger partial charge in [0, 0.05) is 43.8 Å². The standard InChI is InChI=1S/C88H108N2O4/c1-21-23-25-53-27-31-61-62-32-28-54(26-24-22-2)38-74(62)89(73(61)37-53)77-47-59(87(17,18)49-83(5,6)7)43-71(81(77)93)67-35-51(3)65-39-55(41-69(65)79(67)91)56-40-66-52(4)36-68(80(92)70(66)42-56)72-44-60(88(19,20)50-84(8,9)10)48-78(82(72)94)90-75-45-57(85(11,12)13)29-33-63(75)64-34-30-58(46-76(64)90)86(14,15)16/h27-38,43-48,55-56,91-94H,21-26,39-42,49-50H2,1-20H3. The Balaban J connectivity index is 0.959. The van der Waals surface area contributed by atoms with E-state index in [4.69, 9.17) is 0 Å². The van der Waals surface area contributed by atoms with Crippen molar-refractivity contribution in [3.05, 3.63) is 176 Å². The Morgan fingerprint density at radius 2 is 0.681 bits per heavy atom. The minimum atomic E-state index is -0.301. The Morgan fingerprint density at radius 3 is 1.01 bits per heavy atom. The molecule has 0 bridgehead atoms. The van der Waals surface area contributed by atoms with Gasteiger partial charge in [0.15, 0.2) is 0 Å². The maximum absolute atomic E-state index is 13.3. The molecule has 0 saturated heterocycles. The van der Waals surface area contributed by atoms with Crippen LogP contribution >= 0.6 is 0 Å². The van der Waals surface area contributed by atoms with Crippen molar-refractivity contribution in [2.45, 2.75) is 237 Å². The van der Waals surface area contributed by atoms with E-state index >= 15 is 0 Å². The predicted molar refractivity (Wildman–Crippen MR) is 399 cm³/mol. The van der Waals surface area contributed by atoms with Gasteiger partial charge < -0.3 is 29.6 Å². The summed E-state index contributed by atoms with van der Waals surface area (Å²) in [5.74, 6) is 1.24. The van der Waals surface area contributed by atoms with Gasteiger partial charge in [-0.1, -0.05) is 186 Å². The lowest BCUT2D eigenvalue weighted by Gasteiger charge is -2.34. The second-order valence-electron chi connectivity index (χ2n) is 35.0. The van der Waals surface area contributed by atoms with Crippen LogP contribution in [-0.2, 0) is 60.2 Å². The molecule has 10 aromatic rings. The lowest BCUT2D eigenvalue weighted by molar-refractivity contribution is 0.283. The van der Waals surface area contributed by atoms with E-state index in [1.165, 1.54) is 44.2 Å². The Labute approximate surface area is 562 Å². The van der Waals surface area contributed by atoms with Crippen LogP contribution in [0.4, 0.5) is 0 Å². The first-order valence-electron chi connectivity index (χ1n) is 35.6. The monoisotopic (exact) mass is 1260 g/mol. The molecule has 2 aliphatic carbocycles. The highest BCUT2D eigenvalue weighted by atomic mass is 16.3. The summed E-state index contributed by atoms with van der Waals surface area (Å²) < 4.78 is 4.64. The number of unbranched alkanes of at least 4 members (excludes halogenated alkanes) is 2. The largest absolute Gasteiger partial charge is 0.507 e. The lowest BCUT2D eigenvalue weighted by atomic mass is 9.71. The van der Waals surface area contributed by atoms with Gasteiger partial charge in [-0.15, -0.1) is 0 Å². The minimum Gasteiger partial charge on any atom is -0.507 e. The topological polar surface area (TPSA) is 90.8 Å². The van der Waals surface area contributed by atoms with Gasteiger partial charge in [0.1, 0.15) is 23.0 Å². The molecule has 2 aromatic heterocycles. The van der Waals surface area contributed by atoms with Gasteiger partial charge in [0.2, 0.25) is 0 Å². The normalized spacial score (nSPS) is 15.8. The van der Waals surface area contributed by atoms with E-state index in [9.17, 15) is 20.4 Å². The molecular weight excluding hydrogens is 1150 g/mol. The minimum absolute atomic E-state index is 0.0144. The molecular formula is C88H108N2O4. The molecule has 0 fully saturated rings. The molecule has 0 radical (unpaired) electrons. The average Bonchev–Trinajstić information content (AvgIpc) is 1.54. The Morgan fingerprint density at radius 1 is 0.362 bits per heavy atom. The van der Waals surface area contributed by atoms with Gasteiger partial charge in [-0.25, -0.2) is 0 Å². The first-order valence-corrected chi connectivity index (χ1v) is 35.6. The zero-order valence-corrected chi connectivity index (χ0v) is 60.7. The Hall–Kier alpha value is -7.44. The molecule has 0 amide bonds. The maximum atomic E-state index is 13.3. The number of rotatable bonds is 15. The van der Waals surface area contributed by atoms with Crippen LogP contribution in [-0.4, -0.2) is 29.6 Å². The highest BCUT2D eigenvalue weighted by Crippen LogP contribution is 2.55. The molecule has 2 heterocycles. The Kier molecular flexibility index (Phi) is 16.8. The third-order valence-corrected chi connectivity index (χ3v) is 21.8. The summed E-state index contributed by atoms with van der Waals surface area (Å²) in [6, 6.07) is 40.7. The highest BCUT2D eigenvalue weighted by Gasteiger charge is 2.40. The molecule has 2 unspecified atom stereocenters. The van der Waals surface area contributed by atoms with Crippen molar-refractivity contribution >= 4 is 43.6 Å². The number of hydrogen-bond donors (Lipinski definition) is 4. The highest BCUT2D eigenvalue weighted by molar-refractivity contribution is 6.11. The van der Waals surface area contributed by atoms with Gasteiger partial charge in [0.05, 0.1) is 33.4 Å². The fourth-order valence-corrected chi connectivity index (χ4v) is 17.4. The number of phenols is 4. The third kappa shape index (κ3) is 12.1. The fraction of sp³-hybridized carbons (Fsp3) is 0.455. The van der Waals surface area contributed by atoms with Crippen LogP contribution < -0.4 is 0 Å². The van der Waals surface area contributed by atoms with Crippen LogP contribution in [0.2, 0.25) is 0 Å². The lowest BCUT2D eigenvalue weighted by Crippen LogP contribution is -2.25. The molecule has 12 rings (SSSR count). The number of aryl methyl sites for hydroxylation is 4. The van der Waals surface area contributed by atoms with Gasteiger partial charge in [-0.05, 0) is 250 Å². The molecule has 4 N–H and O–H groups in total.